The Bertz CT molecular complexity index is 993. The van der Waals surface area contributed by atoms with Crippen molar-refractivity contribution in [1.82, 2.24) is 14.5 Å². The van der Waals surface area contributed by atoms with Gasteiger partial charge >= 0.3 is 0 Å². The van der Waals surface area contributed by atoms with Crippen LogP contribution < -0.4 is 5.32 Å². The summed E-state index contributed by atoms with van der Waals surface area (Å²) in [6.45, 7) is 6.76. The number of aromatic nitrogens is 2. The number of amides is 1. The van der Waals surface area contributed by atoms with Crippen molar-refractivity contribution >= 4 is 22.6 Å². The van der Waals surface area contributed by atoms with Gasteiger partial charge in [-0.2, -0.15) is 0 Å². The molecule has 1 N–H and O–H groups in total. The quantitative estimate of drug-likeness (QED) is 0.669. The summed E-state index contributed by atoms with van der Waals surface area (Å²) in [5.41, 5.74) is 4.06. The molecule has 3 aromatic rings. The third kappa shape index (κ3) is 4.51. The molecule has 0 saturated carbocycles. The normalized spacial score (nSPS) is 17.5. The van der Waals surface area contributed by atoms with E-state index in [0.717, 1.165) is 42.1 Å². The summed E-state index contributed by atoms with van der Waals surface area (Å²) < 4.78 is 2.02. The van der Waals surface area contributed by atoms with Gasteiger partial charge in [-0.25, -0.2) is 4.98 Å². The Labute approximate surface area is 172 Å². The lowest BCUT2D eigenvalue weighted by Crippen LogP contribution is -2.36. The van der Waals surface area contributed by atoms with Crippen LogP contribution >= 0.6 is 0 Å². The molecule has 5 heteroatoms. The van der Waals surface area contributed by atoms with Crippen molar-refractivity contribution in [2.24, 2.45) is 0 Å². The van der Waals surface area contributed by atoms with Crippen LogP contribution in [0, 0.1) is 0 Å². The van der Waals surface area contributed by atoms with E-state index in [0.29, 0.717) is 6.04 Å². The Kier molecular flexibility index (Phi) is 5.95. The molecule has 152 valence electrons. The molecule has 1 aliphatic heterocycles. The lowest BCUT2D eigenvalue weighted by Gasteiger charge is -2.33. The fourth-order valence-corrected chi connectivity index (χ4v) is 4.29. The van der Waals surface area contributed by atoms with Crippen LogP contribution in [0.25, 0.3) is 11.0 Å². The molecule has 0 aliphatic carbocycles. The minimum absolute atomic E-state index is 0.0219. The standard InChI is InChI=1S/C24H30N4O/c1-3-23-26-21-12-4-5-13-22(21)28(23)17-24(29)25-20-11-8-10-19(15-20)16-27-14-7-6-9-18(27)2/h4-5,8,10-13,15,18H,3,6-7,9,14,16-17H2,1-2H3,(H,25,29)/t18-/m0/s1. The summed E-state index contributed by atoms with van der Waals surface area (Å²) >= 11 is 0. The maximum absolute atomic E-state index is 12.8. The van der Waals surface area contributed by atoms with Crippen LogP contribution in [-0.2, 0) is 24.3 Å². The lowest BCUT2D eigenvalue weighted by atomic mass is 10.0. The molecule has 1 aliphatic rings. The highest BCUT2D eigenvalue weighted by Gasteiger charge is 2.18. The van der Waals surface area contributed by atoms with Gasteiger partial charge in [0.15, 0.2) is 0 Å². The Hall–Kier alpha value is -2.66. The van der Waals surface area contributed by atoms with E-state index in [-0.39, 0.29) is 12.5 Å². The minimum atomic E-state index is -0.0219. The van der Waals surface area contributed by atoms with Gasteiger partial charge in [0.1, 0.15) is 12.4 Å². The summed E-state index contributed by atoms with van der Waals surface area (Å²) in [5, 5.41) is 3.08. The maximum Gasteiger partial charge on any atom is 0.244 e. The monoisotopic (exact) mass is 390 g/mol. The number of nitrogens with one attached hydrogen (secondary N) is 1. The molecule has 2 heterocycles. The first-order valence-corrected chi connectivity index (χ1v) is 10.7. The van der Waals surface area contributed by atoms with E-state index >= 15 is 0 Å². The first-order chi connectivity index (χ1) is 14.1. The number of carbonyl (C=O) groups excluding carboxylic acids is 1. The Balaban J connectivity index is 1.45. The molecule has 0 unspecified atom stereocenters. The molecule has 4 rings (SSSR count). The van der Waals surface area contributed by atoms with Gasteiger partial charge in [-0.15, -0.1) is 0 Å². The molecular formula is C24H30N4O. The number of para-hydroxylation sites is 2. The Morgan fingerprint density at radius 1 is 1.17 bits per heavy atom. The van der Waals surface area contributed by atoms with Gasteiger partial charge in [0.2, 0.25) is 5.91 Å². The van der Waals surface area contributed by atoms with E-state index in [9.17, 15) is 4.79 Å². The highest BCUT2D eigenvalue weighted by molar-refractivity contribution is 5.91. The Morgan fingerprint density at radius 3 is 2.86 bits per heavy atom. The first kappa shape index (κ1) is 19.6. The first-order valence-electron chi connectivity index (χ1n) is 10.7. The van der Waals surface area contributed by atoms with E-state index in [1.807, 2.05) is 41.0 Å². The average Bonchev–Trinajstić information content (AvgIpc) is 3.07. The SMILES string of the molecule is CCc1nc2ccccc2n1CC(=O)Nc1cccc(CN2CCCC[C@@H]2C)c1. The number of imidazole rings is 1. The highest BCUT2D eigenvalue weighted by Crippen LogP contribution is 2.21. The molecule has 29 heavy (non-hydrogen) atoms. The molecule has 1 amide bonds. The molecule has 5 nitrogen and oxygen atoms in total. The fraction of sp³-hybridized carbons (Fsp3) is 0.417. The van der Waals surface area contributed by atoms with Gasteiger partial charge in [0.05, 0.1) is 11.0 Å². The minimum Gasteiger partial charge on any atom is -0.325 e. The van der Waals surface area contributed by atoms with Crippen LogP contribution in [0.2, 0.25) is 0 Å². The summed E-state index contributed by atoms with van der Waals surface area (Å²) in [4.78, 5) is 20.0. The van der Waals surface area contributed by atoms with Crippen molar-refractivity contribution in [3.05, 3.63) is 59.9 Å². The van der Waals surface area contributed by atoms with Crippen molar-refractivity contribution in [3.63, 3.8) is 0 Å². The number of carbonyl (C=O) groups is 1. The molecule has 1 atom stereocenters. The van der Waals surface area contributed by atoms with Crippen molar-refractivity contribution in [2.45, 2.75) is 58.7 Å². The molecule has 0 radical (unpaired) electrons. The van der Waals surface area contributed by atoms with Crippen molar-refractivity contribution in [3.8, 4) is 0 Å². The van der Waals surface area contributed by atoms with Crippen molar-refractivity contribution in [1.29, 1.82) is 0 Å². The zero-order valence-corrected chi connectivity index (χ0v) is 17.4. The molecular weight excluding hydrogens is 360 g/mol. The number of benzene rings is 2. The predicted octanol–water partition coefficient (Wildman–Crippen LogP) is 4.61. The number of hydrogen-bond acceptors (Lipinski definition) is 3. The molecule has 2 aromatic carbocycles. The topological polar surface area (TPSA) is 50.2 Å². The number of nitrogens with zero attached hydrogens (tertiary/aromatic N) is 3. The summed E-state index contributed by atoms with van der Waals surface area (Å²) in [5.74, 6) is 0.917. The summed E-state index contributed by atoms with van der Waals surface area (Å²) in [7, 11) is 0. The number of rotatable bonds is 6. The second-order valence-corrected chi connectivity index (χ2v) is 8.02. The molecule has 0 bridgehead atoms. The van der Waals surface area contributed by atoms with Crippen LogP contribution in [0.5, 0.6) is 0 Å². The van der Waals surface area contributed by atoms with Crippen LogP contribution in [0.4, 0.5) is 5.69 Å². The van der Waals surface area contributed by atoms with Crippen LogP contribution in [0.1, 0.15) is 44.5 Å². The number of piperidine rings is 1. The average molecular weight is 391 g/mol. The van der Waals surface area contributed by atoms with Crippen LogP contribution in [0.15, 0.2) is 48.5 Å². The van der Waals surface area contributed by atoms with Crippen LogP contribution in [-0.4, -0.2) is 32.9 Å². The smallest absolute Gasteiger partial charge is 0.244 e. The van der Waals surface area contributed by atoms with Crippen LogP contribution in [0.3, 0.4) is 0 Å². The second-order valence-electron chi connectivity index (χ2n) is 8.02. The molecule has 0 spiro atoms. The molecule has 1 fully saturated rings. The molecule has 1 saturated heterocycles. The third-order valence-electron chi connectivity index (χ3n) is 5.89. The van der Waals surface area contributed by atoms with Crippen molar-refractivity contribution < 1.29 is 4.79 Å². The van der Waals surface area contributed by atoms with Gasteiger partial charge in [0.25, 0.3) is 0 Å². The molecule has 1 aromatic heterocycles. The zero-order valence-electron chi connectivity index (χ0n) is 17.4. The number of likely N-dealkylation sites (tertiary alicyclic amines) is 1. The number of anilines is 1. The number of fused-ring (bicyclic) bond motifs is 1. The van der Waals surface area contributed by atoms with Crippen molar-refractivity contribution in [2.75, 3.05) is 11.9 Å². The Morgan fingerprint density at radius 2 is 2.03 bits per heavy atom. The van der Waals surface area contributed by atoms with E-state index in [2.05, 4.69) is 41.2 Å². The second kappa shape index (κ2) is 8.78. The van der Waals surface area contributed by atoms with E-state index in [4.69, 9.17) is 0 Å². The highest BCUT2D eigenvalue weighted by atomic mass is 16.1. The van der Waals surface area contributed by atoms with Gasteiger partial charge in [-0.1, -0.05) is 37.6 Å². The maximum atomic E-state index is 12.8. The largest absolute Gasteiger partial charge is 0.325 e. The number of aryl methyl sites for hydroxylation is 1. The van der Waals surface area contributed by atoms with E-state index in [1.165, 1.54) is 24.8 Å². The fourth-order valence-electron chi connectivity index (χ4n) is 4.29. The van der Waals surface area contributed by atoms with E-state index in [1.54, 1.807) is 0 Å². The van der Waals surface area contributed by atoms with Gasteiger partial charge < -0.3 is 9.88 Å². The van der Waals surface area contributed by atoms with E-state index < -0.39 is 0 Å². The zero-order chi connectivity index (χ0) is 20.2. The lowest BCUT2D eigenvalue weighted by molar-refractivity contribution is -0.116. The summed E-state index contributed by atoms with van der Waals surface area (Å²) in [6.07, 6.45) is 4.68. The summed E-state index contributed by atoms with van der Waals surface area (Å²) in [6, 6.07) is 16.9. The predicted molar refractivity (Wildman–Crippen MR) is 118 cm³/mol. The van der Waals surface area contributed by atoms with Gasteiger partial charge in [0, 0.05) is 24.7 Å². The van der Waals surface area contributed by atoms with Gasteiger partial charge in [-0.05, 0) is 56.1 Å². The number of hydrogen-bond donors (Lipinski definition) is 1. The van der Waals surface area contributed by atoms with Gasteiger partial charge in [-0.3, -0.25) is 9.69 Å². The third-order valence-corrected chi connectivity index (χ3v) is 5.89.